The highest BCUT2D eigenvalue weighted by Crippen LogP contribution is 2.00. The fourth-order valence-electron chi connectivity index (χ4n) is 1.07. The second-order valence-corrected chi connectivity index (χ2v) is 2.68. The summed E-state index contributed by atoms with van der Waals surface area (Å²) in [6.07, 6.45) is 4.13. The SMILES string of the molecule is C/C=C/Cn1nc(C)cc1C. The minimum Gasteiger partial charge on any atom is -0.266 e. The average molecular weight is 150 g/mol. The molecule has 0 unspecified atom stereocenters. The topological polar surface area (TPSA) is 17.8 Å². The first-order valence-corrected chi connectivity index (χ1v) is 3.86. The van der Waals surface area contributed by atoms with E-state index in [1.54, 1.807) is 0 Å². The van der Waals surface area contributed by atoms with Gasteiger partial charge in [0.2, 0.25) is 0 Å². The highest BCUT2D eigenvalue weighted by molar-refractivity contribution is 5.07. The van der Waals surface area contributed by atoms with Crippen LogP contribution in [0.3, 0.4) is 0 Å². The molecule has 60 valence electrons. The van der Waals surface area contributed by atoms with Gasteiger partial charge < -0.3 is 0 Å². The van der Waals surface area contributed by atoms with Crippen LogP contribution in [0.2, 0.25) is 0 Å². The third kappa shape index (κ3) is 1.93. The monoisotopic (exact) mass is 150 g/mol. The lowest BCUT2D eigenvalue weighted by Crippen LogP contribution is -1.99. The maximum absolute atomic E-state index is 4.31. The number of aromatic nitrogens is 2. The van der Waals surface area contributed by atoms with E-state index in [9.17, 15) is 0 Å². The van der Waals surface area contributed by atoms with Gasteiger partial charge in [0.25, 0.3) is 0 Å². The number of hydrogen-bond donors (Lipinski definition) is 0. The van der Waals surface area contributed by atoms with Gasteiger partial charge in [-0.2, -0.15) is 5.10 Å². The lowest BCUT2D eigenvalue weighted by atomic mass is 10.4. The van der Waals surface area contributed by atoms with Crippen LogP contribution < -0.4 is 0 Å². The first-order valence-electron chi connectivity index (χ1n) is 3.86. The van der Waals surface area contributed by atoms with E-state index in [0.717, 1.165) is 12.2 Å². The predicted molar refractivity (Wildman–Crippen MR) is 46.5 cm³/mol. The van der Waals surface area contributed by atoms with Crippen LogP contribution in [0.4, 0.5) is 0 Å². The van der Waals surface area contributed by atoms with E-state index in [1.807, 2.05) is 24.6 Å². The zero-order valence-electron chi connectivity index (χ0n) is 7.33. The molecule has 0 aliphatic heterocycles. The molecule has 2 heteroatoms. The van der Waals surface area contributed by atoms with Crippen LogP contribution in [0, 0.1) is 13.8 Å². The number of aryl methyl sites for hydroxylation is 2. The summed E-state index contributed by atoms with van der Waals surface area (Å²) in [5.74, 6) is 0. The smallest absolute Gasteiger partial charge is 0.0596 e. The van der Waals surface area contributed by atoms with E-state index in [1.165, 1.54) is 5.69 Å². The summed E-state index contributed by atoms with van der Waals surface area (Å²) in [4.78, 5) is 0. The van der Waals surface area contributed by atoms with Crippen molar-refractivity contribution in [3.8, 4) is 0 Å². The van der Waals surface area contributed by atoms with E-state index in [4.69, 9.17) is 0 Å². The van der Waals surface area contributed by atoms with Crippen molar-refractivity contribution < 1.29 is 0 Å². The third-order valence-corrected chi connectivity index (χ3v) is 1.62. The number of allylic oxidation sites excluding steroid dienone is 2. The van der Waals surface area contributed by atoms with Crippen LogP contribution >= 0.6 is 0 Å². The van der Waals surface area contributed by atoms with Crippen molar-refractivity contribution in [1.29, 1.82) is 0 Å². The van der Waals surface area contributed by atoms with Gasteiger partial charge >= 0.3 is 0 Å². The van der Waals surface area contributed by atoms with Crippen molar-refractivity contribution in [3.63, 3.8) is 0 Å². The predicted octanol–water partition coefficient (Wildman–Crippen LogP) is 2.08. The van der Waals surface area contributed by atoms with Gasteiger partial charge in [-0.05, 0) is 26.8 Å². The second-order valence-electron chi connectivity index (χ2n) is 2.68. The Balaban J connectivity index is 2.77. The maximum atomic E-state index is 4.31. The summed E-state index contributed by atoms with van der Waals surface area (Å²) in [7, 11) is 0. The zero-order chi connectivity index (χ0) is 8.27. The standard InChI is InChI=1S/C9H14N2/c1-4-5-6-11-9(3)7-8(2)10-11/h4-5,7H,6H2,1-3H3/b5-4+. The molecule has 11 heavy (non-hydrogen) atoms. The molecular weight excluding hydrogens is 136 g/mol. The first kappa shape index (κ1) is 8.05. The average Bonchev–Trinajstić information content (AvgIpc) is 2.26. The molecule has 0 amide bonds. The Labute approximate surface area is 67.5 Å². The number of nitrogens with zero attached hydrogens (tertiary/aromatic N) is 2. The lowest BCUT2D eigenvalue weighted by molar-refractivity contribution is 0.672. The fraction of sp³-hybridized carbons (Fsp3) is 0.444. The molecule has 0 fully saturated rings. The highest BCUT2D eigenvalue weighted by Gasteiger charge is 1.96. The van der Waals surface area contributed by atoms with Crippen molar-refractivity contribution >= 4 is 0 Å². The minimum atomic E-state index is 0.885. The molecule has 1 rings (SSSR count). The zero-order valence-corrected chi connectivity index (χ0v) is 7.33. The van der Waals surface area contributed by atoms with Crippen LogP contribution in [0.25, 0.3) is 0 Å². The van der Waals surface area contributed by atoms with Gasteiger partial charge in [-0.3, -0.25) is 4.68 Å². The van der Waals surface area contributed by atoms with Crippen molar-refractivity contribution in [2.45, 2.75) is 27.3 Å². The fourth-order valence-corrected chi connectivity index (χ4v) is 1.07. The molecule has 0 aliphatic rings. The molecule has 0 N–H and O–H groups in total. The summed E-state index contributed by atoms with van der Waals surface area (Å²) in [6.45, 7) is 6.99. The van der Waals surface area contributed by atoms with Gasteiger partial charge in [-0.25, -0.2) is 0 Å². The third-order valence-electron chi connectivity index (χ3n) is 1.62. The Kier molecular flexibility index (Phi) is 2.47. The van der Waals surface area contributed by atoms with Crippen molar-refractivity contribution in [2.24, 2.45) is 0 Å². The number of hydrogen-bond acceptors (Lipinski definition) is 1. The maximum Gasteiger partial charge on any atom is 0.0596 e. The van der Waals surface area contributed by atoms with Gasteiger partial charge in [-0.1, -0.05) is 12.2 Å². The quantitative estimate of drug-likeness (QED) is 0.590. The molecule has 0 spiro atoms. The van der Waals surface area contributed by atoms with Crippen molar-refractivity contribution in [3.05, 3.63) is 29.6 Å². The van der Waals surface area contributed by atoms with E-state index in [2.05, 4.69) is 24.2 Å². The second kappa shape index (κ2) is 3.37. The molecule has 0 radical (unpaired) electrons. The minimum absolute atomic E-state index is 0.885. The van der Waals surface area contributed by atoms with E-state index in [-0.39, 0.29) is 0 Å². The summed E-state index contributed by atoms with van der Waals surface area (Å²) < 4.78 is 2.00. The van der Waals surface area contributed by atoms with Crippen molar-refractivity contribution in [2.75, 3.05) is 0 Å². The summed E-state index contributed by atoms with van der Waals surface area (Å²) in [5.41, 5.74) is 2.31. The molecular formula is C9H14N2. The van der Waals surface area contributed by atoms with Gasteiger partial charge in [0.1, 0.15) is 0 Å². The molecule has 0 saturated carbocycles. The van der Waals surface area contributed by atoms with Crippen LogP contribution in [0.5, 0.6) is 0 Å². The molecule has 2 nitrogen and oxygen atoms in total. The first-order chi connectivity index (χ1) is 5.24. The molecule has 0 aromatic carbocycles. The van der Waals surface area contributed by atoms with Gasteiger partial charge in [0.15, 0.2) is 0 Å². The Hall–Kier alpha value is -1.05. The highest BCUT2D eigenvalue weighted by atomic mass is 15.3. The molecule has 1 aromatic rings. The van der Waals surface area contributed by atoms with Gasteiger partial charge in [-0.15, -0.1) is 0 Å². The van der Waals surface area contributed by atoms with Crippen LogP contribution in [0.1, 0.15) is 18.3 Å². The summed E-state index contributed by atoms with van der Waals surface area (Å²) in [5, 5.41) is 4.31. The Morgan fingerprint density at radius 3 is 2.73 bits per heavy atom. The van der Waals surface area contributed by atoms with Crippen molar-refractivity contribution in [1.82, 2.24) is 9.78 Å². The van der Waals surface area contributed by atoms with Crippen LogP contribution in [-0.4, -0.2) is 9.78 Å². The molecule has 0 atom stereocenters. The Morgan fingerprint density at radius 1 is 1.55 bits per heavy atom. The van der Waals surface area contributed by atoms with Crippen LogP contribution in [0.15, 0.2) is 18.2 Å². The van der Waals surface area contributed by atoms with Gasteiger partial charge in [0, 0.05) is 5.69 Å². The van der Waals surface area contributed by atoms with E-state index < -0.39 is 0 Å². The largest absolute Gasteiger partial charge is 0.266 e. The molecule has 0 aliphatic carbocycles. The Bertz CT molecular complexity index is 259. The van der Waals surface area contributed by atoms with Gasteiger partial charge in [0.05, 0.1) is 12.2 Å². The molecule has 0 saturated heterocycles. The molecule has 1 aromatic heterocycles. The number of rotatable bonds is 2. The Morgan fingerprint density at radius 2 is 2.27 bits per heavy atom. The van der Waals surface area contributed by atoms with E-state index >= 15 is 0 Å². The normalized spacial score (nSPS) is 11.2. The summed E-state index contributed by atoms with van der Waals surface area (Å²) >= 11 is 0. The van der Waals surface area contributed by atoms with Crippen LogP contribution in [-0.2, 0) is 6.54 Å². The lowest BCUT2D eigenvalue weighted by Gasteiger charge is -1.97. The molecule has 1 heterocycles. The van der Waals surface area contributed by atoms with E-state index in [0.29, 0.717) is 0 Å². The summed E-state index contributed by atoms with van der Waals surface area (Å²) in [6, 6.07) is 2.09. The molecule has 0 bridgehead atoms.